The van der Waals surface area contributed by atoms with Gasteiger partial charge in [-0.25, -0.2) is 0 Å². The molecule has 72 valence electrons. The fourth-order valence-electron chi connectivity index (χ4n) is 0.924. The van der Waals surface area contributed by atoms with Crippen LogP contribution in [0.2, 0.25) is 0 Å². The standard InChI is InChI=1S/C10H17N3/c1-9(2)5-4-6-10(3)7-8-12-13-11/h5,7H,4,6,8H2,1-3H3/b10-7+. The van der Waals surface area contributed by atoms with Gasteiger partial charge >= 0.3 is 0 Å². The van der Waals surface area contributed by atoms with Gasteiger partial charge in [-0.2, -0.15) is 0 Å². The van der Waals surface area contributed by atoms with E-state index in [2.05, 4.69) is 36.9 Å². The Hall–Kier alpha value is -1.21. The molecule has 3 nitrogen and oxygen atoms in total. The van der Waals surface area contributed by atoms with Gasteiger partial charge in [-0.1, -0.05) is 28.4 Å². The highest BCUT2D eigenvalue weighted by atomic mass is 15.1. The fraction of sp³-hybridized carbons (Fsp3) is 0.600. The minimum atomic E-state index is 0.469. The van der Waals surface area contributed by atoms with E-state index in [0.29, 0.717) is 6.54 Å². The number of nitrogens with zero attached hydrogens (tertiary/aromatic N) is 3. The highest BCUT2D eigenvalue weighted by Crippen LogP contribution is 2.06. The smallest absolute Gasteiger partial charge is 0.0442 e. The summed E-state index contributed by atoms with van der Waals surface area (Å²) >= 11 is 0. The highest BCUT2D eigenvalue weighted by molar-refractivity contribution is 5.02. The first kappa shape index (κ1) is 11.8. The summed E-state index contributed by atoms with van der Waals surface area (Å²) in [5.41, 5.74) is 10.7. The maximum Gasteiger partial charge on any atom is 0.0442 e. The second-order valence-corrected chi connectivity index (χ2v) is 3.28. The lowest BCUT2D eigenvalue weighted by Gasteiger charge is -1.96. The van der Waals surface area contributed by atoms with Gasteiger partial charge in [0.25, 0.3) is 0 Å². The molecule has 0 aromatic rings. The average Bonchev–Trinajstić information content (AvgIpc) is 2.04. The van der Waals surface area contributed by atoms with Crippen molar-refractivity contribution in [2.24, 2.45) is 5.11 Å². The molecule has 0 saturated heterocycles. The number of azide groups is 1. The number of hydrogen-bond donors (Lipinski definition) is 0. The van der Waals surface area contributed by atoms with Crippen molar-refractivity contribution in [3.63, 3.8) is 0 Å². The van der Waals surface area contributed by atoms with Gasteiger partial charge in [-0.05, 0) is 39.1 Å². The molecule has 0 aliphatic heterocycles. The Bertz CT molecular complexity index is 241. The molecule has 0 spiro atoms. The van der Waals surface area contributed by atoms with Gasteiger partial charge in [0.15, 0.2) is 0 Å². The van der Waals surface area contributed by atoms with Crippen molar-refractivity contribution in [3.8, 4) is 0 Å². The lowest BCUT2D eigenvalue weighted by Crippen LogP contribution is -1.79. The number of rotatable bonds is 5. The number of hydrogen-bond acceptors (Lipinski definition) is 1. The Labute approximate surface area is 79.8 Å². The zero-order chi connectivity index (χ0) is 10.1. The van der Waals surface area contributed by atoms with Gasteiger partial charge in [0.1, 0.15) is 0 Å². The maximum absolute atomic E-state index is 8.05. The van der Waals surface area contributed by atoms with Crippen LogP contribution in [0.1, 0.15) is 33.6 Å². The van der Waals surface area contributed by atoms with E-state index in [9.17, 15) is 0 Å². The predicted molar refractivity (Wildman–Crippen MR) is 56.4 cm³/mol. The Morgan fingerprint density at radius 2 is 2.00 bits per heavy atom. The summed E-state index contributed by atoms with van der Waals surface area (Å²) in [7, 11) is 0. The van der Waals surface area contributed by atoms with E-state index >= 15 is 0 Å². The average molecular weight is 179 g/mol. The molecule has 0 atom stereocenters. The monoisotopic (exact) mass is 179 g/mol. The Morgan fingerprint density at radius 1 is 1.31 bits per heavy atom. The Balaban J connectivity index is 3.73. The maximum atomic E-state index is 8.05. The summed E-state index contributed by atoms with van der Waals surface area (Å²) in [5.74, 6) is 0. The van der Waals surface area contributed by atoms with Gasteiger partial charge in [0, 0.05) is 11.5 Å². The van der Waals surface area contributed by atoms with Gasteiger partial charge in [-0.15, -0.1) is 0 Å². The van der Waals surface area contributed by atoms with Crippen molar-refractivity contribution < 1.29 is 0 Å². The van der Waals surface area contributed by atoms with Crippen LogP contribution >= 0.6 is 0 Å². The van der Waals surface area contributed by atoms with E-state index in [0.717, 1.165) is 12.8 Å². The molecule has 0 saturated carbocycles. The largest absolute Gasteiger partial charge is 0.0899 e. The first-order valence-electron chi connectivity index (χ1n) is 4.46. The van der Waals surface area contributed by atoms with Crippen molar-refractivity contribution in [3.05, 3.63) is 33.7 Å². The normalized spacial score (nSPS) is 10.5. The van der Waals surface area contributed by atoms with E-state index < -0.39 is 0 Å². The van der Waals surface area contributed by atoms with Crippen LogP contribution in [0, 0.1) is 0 Å². The Kier molecular flexibility index (Phi) is 6.75. The minimum absolute atomic E-state index is 0.469. The van der Waals surface area contributed by atoms with Crippen molar-refractivity contribution in [2.75, 3.05) is 6.54 Å². The summed E-state index contributed by atoms with van der Waals surface area (Å²) in [5, 5.41) is 3.44. The molecule has 0 radical (unpaired) electrons. The van der Waals surface area contributed by atoms with Gasteiger partial charge < -0.3 is 0 Å². The predicted octanol–water partition coefficient (Wildman–Crippen LogP) is 3.99. The lowest BCUT2D eigenvalue weighted by atomic mass is 10.1. The first-order valence-corrected chi connectivity index (χ1v) is 4.46. The third-order valence-corrected chi connectivity index (χ3v) is 1.68. The van der Waals surface area contributed by atoms with Crippen LogP contribution in [0.5, 0.6) is 0 Å². The second kappa shape index (κ2) is 7.44. The summed E-state index contributed by atoms with van der Waals surface area (Å²) in [6.45, 7) is 6.72. The molecule has 0 aromatic carbocycles. The molecule has 0 bridgehead atoms. The van der Waals surface area contributed by atoms with Crippen LogP contribution in [0.3, 0.4) is 0 Å². The van der Waals surface area contributed by atoms with Crippen LogP contribution in [0.25, 0.3) is 10.4 Å². The summed E-state index contributed by atoms with van der Waals surface area (Å²) < 4.78 is 0. The number of allylic oxidation sites excluding steroid dienone is 3. The summed E-state index contributed by atoms with van der Waals surface area (Å²) in [4.78, 5) is 2.68. The zero-order valence-electron chi connectivity index (χ0n) is 8.62. The molecular weight excluding hydrogens is 162 g/mol. The molecule has 13 heavy (non-hydrogen) atoms. The van der Waals surface area contributed by atoms with Crippen molar-refractivity contribution in [1.82, 2.24) is 0 Å². The molecule has 0 N–H and O–H groups in total. The topological polar surface area (TPSA) is 48.8 Å². The highest BCUT2D eigenvalue weighted by Gasteiger charge is 1.87. The second-order valence-electron chi connectivity index (χ2n) is 3.28. The zero-order valence-corrected chi connectivity index (χ0v) is 8.62. The van der Waals surface area contributed by atoms with Crippen molar-refractivity contribution in [2.45, 2.75) is 33.6 Å². The van der Waals surface area contributed by atoms with Crippen LogP contribution in [0.15, 0.2) is 28.4 Å². The SMILES string of the molecule is CC(C)=CCC/C(C)=C/CN=[N+]=[N-]. The third-order valence-electron chi connectivity index (χ3n) is 1.68. The van der Waals surface area contributed by atoms with E-state index in [1.165, 1.54) is 11.1 Å². The van der Waals surface area contributed by atoms with Crippen LogP contribution < -0.4 is 0 Å². The molecule has 0 fully saturated rings. The van der Waals surface area contributed by atoms with Gasteiger partial charge in [0.05, 0.1) is 0 Å². The minimum Gasteiger partial charge on any atom is -0.0899 e. The van der Waals surface area contributed by atoms with Crippen molar-refractivity contribution >= 4 is 0 Å². The van der Waals surface area contributed by atoms with E-state index in [-0.39, 0.29) is 0 Å². The summed E-state index contributed by atoms with van der Waals surface area (Å²) in [6, 6.07) is 0. The molecule has 0 unspecified atom stereocenters. The molecule has 0 rings (SSSR count). The molecule has 0 heterocycles. The van der Waals surface area contributed by atoms with Gasteiger partial charge in [-0.3, -0.25) is 0 Å². The lowest BCUT2D eigenvalue weighted by molar-refractivity contribution is 0.955. The molecule has 0 aromatic heterocycles. The van der Waals surface area contributed by atoms with Crippen molar-refractivity contribution in [1.29, 1.82) is 0 Å². The fourth-order valence-corrected chi connectivity index (χ4v) is 0.924. The molecule has 0 aliphatic carbocycles. The molecule has 3 heteroatoms. The molecule has 0 amide bonds. The molecular formula is C10H17N3. The van der Waals surface area contributed by atoms with Crippen LogP contribution in [0.4, 0.5) is 0 Å². The van der Waals surface area contributed by atoms with Crippen LogP contribution in [-0.2, 0) is 0 Å². The van der Waals surface area contributed by atoms with Crippen LogP contribution in [-0.4, -0.2) is 6.54 Å². The summed E-state index contributed by atoms with van der Waals surface area (Å²) in [6.07, 6.45) is 6.30. The van der Waals surface area contributed by atoms with E-state index in [1.807, 2.05) is 6.08 Å². The Morgan fingerprint density at radius 3 is 2.54 bits per heavy atom. The van der Waals surface area contributed by atoms with Gasteiger partial charge in [0.2, 0.25) is 0 Å². The third kappa shape index (κ3) is 8.70. The van der Waals surface area contributed by atoms with E-state index in [1.54, 1.807) is 0 Å². The molecule has 0 aliphatic rings. The quantitative estimate of drug-likeness (QED) is 0.265. The van der Waals surface area contributed by atoms with E-state index in [4.69, 9.17) is 5.53 Å². The first-order chi connectivity index (χ1) is 6.16.